The maximum absolute atomic E-state index is 12.7. The second-order valence-electron chi connectivity index (χ2n) is 7.13. The number of carbonyl (C=O) groups excluding carboxylic acids is 1. The average Bonchev–Trinajstić information content (AvgIpc) is 3.26. The average molecular weight is 409 g/mol. The van der Waals surface area contributed by atoms with E-state index >= 15 is 0 Å². The van der Waals surface area contributed by atoms with Crippen molar-refractivity contribution in [2.45, 2.75) is 18.5 Å². The van der Waals surface area contributed by atoms with Crippen LogP contribution < -0.4 is 31.2 Å². The lowest BCUT2D eigenvalue weighted by molar-refractivity contribution is -0.117. The van der Waals surface area contributed by atoms with E-state index in [1.165, 1.54) is 10.9 Å². The van der Waals surface area contributed by atoms with Gasteiger partial charge in [-0.25, -0.2) is 15.8 Å². The number of rotatable bonds is 5. The van der Waals surface area contributed by atoms with E-state index in [9.17, 15) is 9.59 Å². The first kappa shape index (κ1) is 19.9. The molecule has 3 aromatic rings. The molecule has 2 aromatic carbocycles. The van der Waals surface area contributed by atoms with E-state index in [0.29, 0.717) is 34.5 Å². The smallest absolute Gasteiger partial charge is 0.260 e. The Hall–Kier alpha value is -3.43. The number of ether oxygens (including phenoxy) is 2. The number of aromatic nitrogens is 2. The van der Waals surface area contributed by atoms with Crippen LogP contribution in [-0.2, 0) is 11.8 Å². The summed E-state index contributed by atoms with van der Waals surface area (Å²) >= 11 is 0. The summed E-state index contributed by atoms with van der Waals surface area (Å²) in [5, 5.41) is 3.33. The molecule has 0 spiro atoms. The van der Waals surface area contributed by atoms with Crippen LogP contribution >= 0.6 is 0 Å². The van der Waals surface area contributed by atoms with Gasteiger partial charge in [-0.05, 0) is 42.3 Å². The van der Waals surface area contributed by atoms with E-state index in [1.54, 1.807) is 39.5 Å². The fourth-order valence-corrected chi connectivity index (χ4v) is 3.53. The maximum atomic E-state index is 12.7. The predicted molar refractivity (Wildman–Crippen MR) is 113 cm³/mol. The normalized spacial score (nSPS) is 18.4. The molecule has 1 fully saturated rings. The topological polar surface area (TPSA) is 107 Å². The Labute approximate surface area is 173 Å². The number of benzene rings is 2. The lowest BCUT2D eigenvalue weighted by atomic mass is 10.0. The number of fused-ring (bicyclic) bond motifs is 1. The van der Waals surface area contributed by atoms with Gasteiger partial charge in [0.15, 0.2) is 11.5 Å². The number of hydrazine groups is 1. The minimum atomic E-state index is -0.435. The molecule has 9 heteroatoms. The van der Waals surface area contributed by atoms with Gasteiger partial charge in [0, 0.05) is 18.8 Å². The molecule has 1 amide bonds. The molecule has 2 heterocycles. The van der Waals surface area contributed by atoms with Crippen molar-refractivity contribution >= 4 is 22.5 Å². The molecule has 30 heavy (non-hydrogen) atoms. The van der Waals surface area contributed by atoms with E-state index in [4.69, 9.17) is 9.47 Å². The van der Waals surface area contributed by atoms with Crippen LogP contribution in [0.3, 0.4) is 0 Å². The van der Waals surface area contributed by atoms with Gasteiger partial charge >= 0.3 is 0 Å². The molecular weight excluding hydrogens is 386 g/mol. The first-order valence-corrected chi connectivity index (χ1v) is 9.49. The van der Waals surface area contributed by atoms with Gasteiger partial charge in [0.1, 0.15) is 6.04 Å². The Kier molecular flexibility index (Phi) is 5.39. The Morgan fingerprint density at radius 2 is 1.93 bits per heavy atom. The number of hydrogen-bond acceptors (Lipinski definition) is 7. The highest BCUT2D eigenvalue weighted by Gasteiger charge is 2.30. The number of hydrogen-bond donors (Lipinski definition) is 3. The highest BCUT2D eigenvalue weighted by atomic mass is 16.5. The number of nitrogens with zero attached hydrogens (tertiary/aromatic N) is 2. The van der Waals surface area contributed by atoms with Gasteiger partial charge in [0.25, 0.3) is 5.56 Å². The van der Waals surface area contributed by atoms with Gasteiger partial charge in [-0.15, -0.1) is 0 Å². The molecule has 0 bridgehead atoms. The Morgan fingerprint density at radius 3 is 2.70 bits per heavy atom. The highest BCUT2D eigenvalue weighted by molar-refractivity contribution is 5.96. The zero-order valence-electron chi connectivity index (χ0n) is 16.9. The molecule has 1 saturated heterocycles. The maximum Gasteiger partial charge on any atom is 0.260 e. The number of nitrogens with one attached hydrogen (secondary N) is 3. The van der Waals surface area contributed by atoms with Gasteiger partial charge in [0.05, 0.1) is 31.4 Å². The van der Waals surface area contributed by atoms with Crippen LogP contribution in [0.4, 0.5) is 5.69 Å². The number of carbonyl (C=O) groups is 1. The molecule has 2 atom stereocenters. The number of amides is 1. The fraction of sp³-hybridized carbons (Fsp3) is 0.286. The second-order valence-corrected chi connectivity index (χ2v) is 7.13. The molecule has 1 aliphatic heterocycles. The van der Waals surface area contributed by atoms with Crippen LogP contribution in [0.25, 0.3) is 10.9 Å². The monoisotopic (exact) mass is 409 g/mol. The number of methoxy groups -OCH3 is 2. The number of anilines is 1. The quantitative estimate of drug-likeness (QED) is 0.586. The third-order valence-electron chi connectivity index (χ3n) is 5.21. The van der Waals surface area contributed by atoms with Crippen molar-refractivity contribution in [1.82, 2.24) is 20.4 Å². The summed E-state index contributed by atoms with van der Waals surface area (Å²) in [6.07, 6.45) is 2.03. The van der Waals surface area contributed by atoms with Crippen molar-refractivity contribution in [2.24, 2.45) is 7.05 Å². The first-order chi connectivity index (χ1) is 14.5. The lowest BCUT2D eigenvalue weighted by Crippen LogP contribution is -2.39. The molecular formula is C21H23N5O4. The minimum absolute atomic E-state index is 0.0614. The van der Waals surface area contributed by atoms with E-state index in [2.05, 4.69) is 21.2 Å². The Bertz CT molecular complexity index is 1160. The van der Waals surface area contributed by atoms with Crippen molar-refractivity contribution in [1.29, 1.82) is 0 Å². The third-order valence-corrected chi connectivity index (χ3v) is 5.21. The second kappa shape index (κ2) is 8.13. The molecule has 0 aliphatic carbocycles. The van der Waals surface area contributed by atoms with Crippen molar-refractivity contribution in [3.05, 3.63) is 58.6 Å². The summed E-state index contributed by atoms with van der Waals surface area (Å²) in [6.45, 7) is 0. The fourth-order valence-electron chi connectivity index (χ4n) is 3.53. The van der Waals surface area contributed by atoms with E-state index in [0.717, 1.165) is 5.56 Å². The zero-order valence-corrected chi connectivity index (χ0v) is 16.9. The van der Waals surface area contributed by atoms with Crippen LogP contribution in [0.1, 0.15) is 18.0 Å². The van der Waals surface area contributed by atoms with Crippen LogP contribution in [0.15, 0.2) is 47.5 Å². The van der Waals surface area contributed by atoms with E-state index in [1.807, 2.05) is 18.2 Å². The molecule has 1 aliphatic rings. The van der Waals surface area contributed by atoms with Gasteiger partial charge in [-0.1, -0.05) is 6.07 Å². The lowest BCUT2D eigenvalue weighted by Gasteiger charge is -2.14. The molecule has 1 aromatic heterocycles. The summed E-state index contributed by atoms with van der Waals surface area (Å²) in [5.41, 5.74) is 8.15. The van der Waals surface area contributed by atoms with Crippen LogP contribution in [-0.4, -0.2) is 35.7 Å². The van der Waals surface area contributed by atoms with E-state index < -0.39 is 6.04 Å². The van der Waals surface area contributed by atoms with E-state index in [-0.39, 0.29) is 17.5 Å². The largest absolute Gasteiger partial charge is 0.493 e. The Balaban J connectivity index is 1.47. The van der Waals surface area contributed by atoms with Gasteiger partial charge < -0.3 is 19.4 Å². The minimum Gasteiger partial charge on any atom is -0.493 e. The SMILES string of the molecule is COc1ccc(C2CC(C(=O)Nc3ccc4ncn(C)c(=O)c4c3)NN2)cc1OC. The van der Waals surface area contributed by atoms with Crippen molar-refractivity contribution in [3.63, 3.8) is 0 Å². The van der Waals surface area contributed by atoms with Crippen LogP contribution in [0.2, 0.25) is 0 Å². The predicted octanol–water partition coefficient (Wildman–Crippen LogP) is 1.50. The molecule has 9 nitrogen and oxygen atoms in total. The summed E-state index contributed by atoms with van der Waals surface area (Å²) in [5.74, 6) is 1.10. The van der Waals surface area contributed by atoms with Gasteiger partial charge in [-0.2, -0.15) is 0 Å². The molecule has 3 N–H and O–H groups in total. The summed E-state index contributed by atoms with van der Waals surface area (Å²) in [7, 11) is 4.82. The number of aryl methyl sites for hydroxylation is 1. The van der Waals surface area contributed by atoms with Crippen molar-refractivity contribution < 1.29 is 14.3 Å². The molecule has 4 rings (SSSR count). The zero-order chi connectivity index (χ0) is 21.3. The summed E-state index contributed by atoms with van der Waals surface area (Å²) in [6, 6.07) is 10.3. The highest BCUT2D eigenvalue weighted by Crippen LogP contribution is 2.32. The molecule has 156 valence electrons. The third kappa shape index (κ3) is 3.72. The Morgan fingerprint density at radius 1 is 1.13 bits per heavy atom. The van der Waals surface area contributed by atoms with Gasteiger partial charge in [0.2, 0.25) is 5.91 Å². The molecule has 2 unspecified atom stereocenters. The molecule has 0 saturated carbocycles. The van der Waals surface area contributed by atoms with Crippen LogP contribution in [0.5, 0.6) is 11.5 Å². The summed E-state index contributed by atoms with van der Waals surface area (Å²) < 4.78 is 12.0. The first-order valence-electron chi connectivity index (χ1n) is 9.49. The van der Waals surface area contributed by atoms with Gasteiger partial charge in [-0.3, -0.25) is 9.59 Å². The van der Waals surface area contributed by atoms with Crippen molar-refractivity contribution in [2.75, 3.05) is 19.5 Å². The standard InChI is InChI=1S/C21H23N5O4/c1-26-11-22-15-6-5-13(9-14(15)21(26)28)23-20(27)17-10-16(24-25-17)12-4-7-18(29-2)19(8-12)30-3/h4-9,11,16-17,24-25H,10H2,1-3H3,(H,23,27). The molecule has 0 radical (unpaired) electrons. The summed E-state index contributed by atoms with van der Waals surface area (Å²) in [4.78, 5) is 29.3. The van der Waals surface area contributed by atoms with Crippen LogP contribution in [0, 0.1) is 0 Å². The van der Waals surface area contributed by atoms with Crippen molar-refractivity contribution in [3.8, 4) is 11.5 Å².